The molecule has 0 fully saturated rings. The van der Waals surface area contributed by atoms with E-state index in [0.717, 1.165) is 12.1 Å². The Morgan fingerprint density at radius 1 is 1.18 bits per heavy atom. The summed E-state index contributed by atoms with van der Waals surface area (Å²) in [6.45, 7) is -0.518. The molecule has 148 valence electrons. The number of hydrogen-bond acceptors (Lipinski definition) is 8. The summed E-state index contributed by atoms with van der Waals surface area (Å²) in [5.41, 5.74) is -0.0146. The van der Waals surface area contributed by atoms with Gasteiger partial charge in [-0.05, 0) is 24.1 Å². The molecule has 0 heterocycles. The van der Waals surface area contributed by atoms with Gasteiger partial charge < -0.3 is 25.1 Å². The first-order valence-corrected chi connectivity index (χ1v) is 8.35. The van der Waals surface area contributed by atoms with Crippen LogP contribution in [-0.2, 0) is 19.1 Å². The molecule has 0 saturated heterocycles. The van der Waals surface area contributed by atoms with Gasteiger partial charge in [-0.15, -0.1) is 0 Å². The van der Waals surface area contributed by atoms with Gasteiger partial charge in [0.25, 0.3) is 11.6 Å². The number of nitrogens with zero attached hydrogens (tertiary/aromatic N) is 1. The van der Waals surface area contributed by atoms with Gasteiger partial charge in [0.05, 0.1) is 17.4 Å². The SMILES string of the molecule is O=C([O-])CCC(=O)OC[C@H](NC(=O)C(Cl)Cl)[C@@H](O)c1ccc([N+](=O)[O-])cc1.[Na+]. The van der Waals surface area contributed by atoms with E-state index in [1.54, 1.807) is 0 Å². The molecule has 0 unspecified atom stereocenters. The molecular formula is C15H15Cl2N2NaO8. The van der Waals surface area contributed by atoms with E-state index >= 15 is 0 Å². The number of hydrogen-bond donors (Lipinski definition) is 2. The first-order valence-electron chi connectivity index (χ1n) is 7.48. The Kier molecular flexibility index (Phi) is 12.3. The van der Waals surface area contributed by atoms with Crippen molar-refractivity contribution in [3.63, 3.8) is 0 Å². The Morgan fingerprint density at radius 3 is 2.21 bits per heavy atom. The van der Waals surface area contributed by atoms with Crippen molar-refractivity contribution in [1.29, 1.82) is 0 Å². The van der Waals surface area contributed by atoms with E-state index in [1.165, 1.54) is 12.1 Å². The van der Waals surface area contributed by atoms with E-state index in [0.29, 0.717) is 0 Å². The van der Waals surface area contributed by atoms with E-state index in [9.17, 15) is 34.7 Å². The summed E-state index contributed by atoms with van der Waals surface area (Å²) in [7, 11) is 0. The maximum atomic E-state index is 11.7. The van der Waals surface area contributed by atoms with Crippen LogP contribution in [0.25, 0.3) is 0 Å². The van der Waals surface area contributed by atoms with Crippen molar-refractivity contribution in [2.75, 3.05) is 6.61 Å². The van der Waals surface area contributed by atoms with Crippen LogP contribution >= 0.6 is 23.2 Å². The summed E-state index contributed by atoms with van der Waals surface area (Å²) in [6, 6.07) is 3.63. The molecule has 0 bridgehead atoms. The number of non-ortho nitro benzene ring substituents is 1. The second-order valence-electron chi connectivity index (χ2n) is 5.26. The summed E-state index contributed by atoms with van der Waals surface area (Å²) < 4.78 is 4.84. The third-order valence-electron chi connectivity index (χ3n) is 3.31. The smallest absolute Gasteiger partial charge is 0.550 e. The van der Waals surface area contributed by atoms with Crippen LogP contribution < -0.4 is 40.0 Å². The number of aliphatic carboxylic acids is 1. The van der Waals surface area contributed by atoms with Crippen LogP contribution in [0.5, 0.6) is 0 Å². The number of rotatable bonds is 10. The fourth-order valence-corrected chi connectivity index (χ4v) is 2.07. The average Bonchev–Trinajstić information content (AvgIpc) is 2.62. The normalized spacial score (nSPS) is 12.4. The third-order valence-corrected chi connectivity index (χ3v) is 3.71. The number of carbonyl (C=O) groups is 3. The average molecular weight is 445 g/mol. The van der Waals surface area contributed by atoms with Crippen molar-refractivity contribution in [2.45, 2.75) is 29.8 Å². The number of benzene rings is 1. The number of nitrogens with one attached hydrogen (secondary N) is 1. The summed E-state index contributed by atoms with van der Waals surface area (Å²) >= 11 is 10.9. The van der Waals surface area contributed by atoms with Crippen molar-refractivity contribution >= 4 is 46.7 Å². The second-order valence-corrected chi connectivity index (χ2v) is 6.36. The van der Waals surface area contributed by atoms with Gasteiger partial charge in [-0.2, -0.15) is 0 Å². The number of carboxylic acids is 1. The van der Waals surface area contributed by atoms with Gasteiger partial charge in [-0.1, -0.05) is 23.2 Å². The molecule has 0 aliphatic heterocycles. The standard InChI is InChI=1S/C15H16Cl2N2O8.Na/c16-14(17)15(24)18-10(7-27-12(22)6-5-11(20)21)13(23)8-1-3-9(4-2-8)19(25)26;/h1-4,10,13-14,23H,5-7H2,(H,18,24)(H,20,21);/q;+1/p-1/t10-,13-;/m0./s1. The summed E-state index contributed by atoms with van der Waals surface area (Å²) in [6.07, 6.45) is -2.42. The molecule has 1 aromatic carbocycles. The number of aliphatic hydroxyl groups is 1. The minimum atomic E-state index is -1.45. The second kappa shape index (κ2) is 12.9. The number of carbonyl (C=O) groups excluding carboxylic acids is 3. The van der Waals surface area contributed by atoms with E-state index in [2.05, 4.69) is 5.32 Å². The number of esters is 1. The van der Waals surface area contributed by atoms with Gasteiger partial charge in [0.2, 0.25) is 0 Å². The molecule has 10 nitrogen and oxygen atoms in total. The number of aliphatic hydroxyl groups excluding tert-OH is 1. The van der Waals surface area contributed by atoms with Gasteiger partial charge >= 0.3 is 35.5 Å². The van der Waals surface area contributed by atoms with Crippen LogP contribution in [0.4, 0.5) is 5.69 Å². The fourth-order valence-electron chi connectivity index (χ4n) is 1.94. The molecule has 0 spiro atoms. The van der Waals surface area contributed by atoms with Crippen molar-refractivity contribution in [2.24, 2.45) is 0 Å². The quantitative estimate of drug-likeness (QED) is 0.127. The monoisotopic (exact) mass is 444 g/mol. The van der Waals surface area contributed by atoms with Crippen LogP contribution in [0.1, 0.15) is 24.5 Å². The molecule has 1 aromatic rings. The molecule has 2 atom stereocenters. The van der Waals surface area contributed by atoms with Crippen LogP contribution in [-0.4, -0.2) is 45.4 Å². The number of halogens is 2. The molecule has 0 aromatic heterocycles. The summed E-state index contributed by atoms with van der Waals surface area (Å²) in [5.74, 6) is -3.19. The first kappa shape index (κ1) is 26.6. The van der Waals surface area contributed by atoms with Crippen molar-refractivity contribution in [1.82, 2.24) is 5.32 Å². The minimum absolute atomic E-state index is 0. The Hall–Kier alpha value is -1.43. The van der Waals surface area contributed by atoms with E-state index in [-0.39, 0.29) is 40.8 Å². The Bertz CT molecular complexity index is 702. The van der Waals surface area contributed by atoms with Crippen molar-refractivity contribution < 1.29 is 63.8 Å². The molecule has 0 saturated carbocycles. The Balaban J connectivity index is 0.00000729. The molecule has 2 N–H and O–H groups in total. The predicted octanol–water partition coefficient (Wildman–Crippen LogP) is -3.01. The Morgan fingerprint density at radius 2 is 1.75 bits per heavy atom. The van der Waals surface area contributed by atoms with Crippen LogP contribution in [0, 0.1) is 10.1 Å². The van der Waals surface area contributed by atoms with Gasteiger partial charge in [0, 0.05) is 18.1 Å². The van der Waals surface area contributed by atoms with Gasteiger partial charge in [-0.25, -0.2) is 0 Å². The van der Waals surface area contributed by atoms with Crippen molar-refractivity contribution in [3.05, 3.63) is 39.9 Å². The molecule has 0 aliphatic rings. The number of carboxylic acid groups (broad SMARTS) is 1. The molecule has 28 heavy (non-hydrogen) atoms. The van der Waals surface area contributed by atoms with Gasteiger partial charge in [-0.3, -0.25) is 19.7 Å². The zero-order valence-corrected chi connectivity index (χ0v) is 18.2. The van der Waals surface area contributed by atoms with E-state index < -0.39 is 59.2 Å². The van der Waals surface area contributed by atoms with E-state index in [1.807, 2.05) is 0 Å². The molecule has 13 heteroatoms. The van der Waals surface area contributed by atoms with Crippen LogP contribution in [0.3, 0.4) is 0 Å². The molecule has 0 aliphatic carbocycles. The zero-order chi connectivity index (χ0) is 20.6. The topological polar surface area (TPSA) is 159 Å². The van der Waals surface area contributed by atoms with E-state index in [4.69, 9.17) is 27.9 Å². The maximum Gasteiger partial charge on any atom is 1.00 e. The number of amides is 1. The predicted molar refractivity (Wildman–Crippen MR) is 90.7 cm³/mol. The number of ether oxygens (including phenoxy) is 1. The number of nitro groups is 1. The molecular weight excluding hydrogens is 430 g/mol. The number of alkyl halides is 2. The third kappa shape index (κ3) is 9.18. The minimum Gasteiger partial charge on any atom is -0.550 e. The van der Waals surface area contributed by atoms with Crippen molar-refractivity contribution in [3.8, 4) is 0 Å². The van der Waals surface area contributed by atoms with Gasteiger partial charge in [0.1, 0.15) is 12.7 Å². The van der Waals surface area contributed by atoms with Gasteiger partial charge in [0.15, 0.2) is 4.84 Å². The first-order chi connectivity index (χ1) is 12.6. The zero-order valence-electron chi connectivity index (χ0n) is 14.7. The fraction of sp³-hybridized carbons (Fsp3) is 0.400. The maximum absolute atomic E-state index is 11.7. The van der Waals surface area contributed by atoms with Crippen LogP contribution in [0.2, 0.25) is 0 Å². The Labute approximate surface area is 191 Å². The largest absolute Gasteiger partial charge is 1.00 e. The summed E-state index contributed by atoms with van der Waals surface area (Å²) in [4.78, 5) is 42.1. The van der Waals surface area contributed by atoms with Crippen LogP contribution in [0.15, 0.2) is 24.3 Å². The molecule has 1 amide bonds. The summed E-state index contributed by atoms with van der Waals surface area (Å²) in [5, 5.41) is 33.7. The molecule has 0 radical (unpaired) electrons. The molecule has 1 rings (SSSR count). The number of nitro benzene ring substituents is 1.